The Labute approximate surface area is 113 Å². The van der Waals surface area contributed by atoms with E-state index in [9.17, 15) is 4.79 Å². The third kappa shape index (κ3) is 3.34. The van der Waals surface area contributed by atoms with Crippen molar-refractivity contribution < 1.29 is 9.53 Å². The Hall–Kier alpha value is -1.32. The predicted octanol–water partition coefficient (Wildman–Crippen LogP) is 2.89. The van der Waals surface area contributed by atoms with Crippen molar-refractivity contribution in [2.45, 2.75) is 19.4 Å². The monoisotopic (exact) mass is 267 g/mol. The number of nitrogens with one attached hydrogen (secondary N) is 1. The molecule has 0 radical (unpaired) electrons. The largest absolute Gasteiger partial charge is 0.464 e. The molecule has 1 atom stereocenters. The molecule has 18 heavy (non-hydrogen) atoms. The molecule has 98 valence electrons. The van der Waals surface area contributed by atoms with Crippen LogP contribution in [0.25, 0.3) is 0 Å². The van der Waals surface area contributed by atoms with Gasteiger partial charge in [0.05, 0.1) is 6.61 Å². The predicted molar refractivity (Wildman–Crippen MR) is 73.6 cm³/mol. The van der Waals surface area contributed by atoms with Crippen LogP contribution in [0.4, 0.5) is 0 Å². The first-order valence-electron chi connectivity index (χ1n) is 5.83. The van der Waals surface area contributed by atoms with Crippen molar-refractivity contribution in [2.75, 3.05) is 13.2 Å². The van der Waals surface area contributed by atoms with Gasteiger partial charge in [0.25, 0.3) is 0 Å². The molecule has 0 aromatic heterocycles. The van der Waals surface area contributed by atoms with Crippen molar-refractivity contribution >= 4 is 17.6 Å². The summed E-state index contributed by atoms with van der Waals surface area (Å²) in [6, 6.07) is 7.14. The van der Waals surface area contributed by atoms with Gasteiger partial charge in [-0.3, -0.25) is 5.32 Å². The lowest BCUT2D eigenvalue weighted by molar-refractivity contribution is -0.150. The Morgan fingerprint density at radius 1 is 1.50 bits per heavy atom. The summed E-state index contributed by atoms with van der Waals surface area (Å²) >= 11 is 5.85. The maximum absolute atomic E-state index is 12.1. The number of rotatable bonds is 6. The Balaban J connectivity index is 3.06. The molecule has 1 aromatic rings. The first kappa shape index (κ1) is 14.7. The second-order valence-corrected chi connectivity index (χ2v) is 4.46. The van der Waals surface area contributed by atoms with Gasteiger partial charge in [0, 0.05) is 11.6 Å². The molecule has 0 aliphatic rings. The molecular weight excluding hydrogens is 250 g/mol. The van der Waals surface area contributed by atoms with Crippen LogP contribution in [-0.2, 0) is 15.1 Å². The molecule has 0 bridgehead atoms. The first-order chi connectivity index (χ1) is 8.54. The standard InChI is InChI=1S/C14H18ClNO2/c1-4-10-16-14(3,13(17)18-5-2)11-6-8-12(15)9-7-11/h4,6-9,16H,1,5,10H2,2-3H3. The smallest absolute Gasteiger partial charge is 0.330 e. The van der Waals surface area contributed by atoms with Crippen LogP contribution in [0.15, 0.2) is 36.9 Å². The van der Waals surface area contributed by atoms with E-state index in [0.29, 0.717) is 18.2 Å². The summed E-state index contributed by atoms with van der Waals surface area (Å²) in [7, 11) is 0. The lowest BCUT2D eigenvalue weighted by Gasteiger charge is -2.28. The van der Waals surface area contributed by atoms with Gasteiger partial charge < -0.3 is 4.74 Å². The minimum absolute atomic E-state index is 0.311. The SMILES string of the molecule is C=CCNC(C)(C(=O)OCC)c1ccc(Cl)cc1. The van der Waals surface area contributed by atoms with Crippen LogP contribution in [0.2, 0.25) is 5.02 Å². The summed E-state index contributed by atoms with van der Waals surface area (Å²) in [5.74, 6) is -0.311. The molecule has 0 fully saturated rings. The molecule has 4 heteroatoms. The molecule has 0 aliphatic carbocycles. The van der Waals surface area contributed by atoms with Crippen LogP contribution < -0.4 is 5.32 Å². The summed E-state index contributed by atoms with van der Waals surface area (Å²) in [5.41, 5.74) is -0.0818. The lowest BCUT2D eigenvalue weighted by atomic mass is 9.92. The number of hydrogen-bond donors (Lipinski definition) is 1. The molecule has 0 aliphatic heterocycles. The highest BCUT2D eigenvalue weighted by Crippen LogP contribution is 2.24. The summed E-state index contributed by atoms with van der Waals surface area (Å²) in [6.45, 7) is 8.07. The maximum Gasteiger partial charge on any atom is 0.330 e. The quantitative estimate of drug-likeness (QED) is 0.636. The number of benzene rings is 1. The fourth-order valence-electron chi connectivity index (χ4n) is 1.63. The highest BCUT2D eigenvalue weighted by atomic mass is 35.5. The van der Waals surface area contributed by atoms with Crippen molar-refractivity contribution in [2.24, 2.45) is 0 Å². The molecule has 1 unspecified atom stereocenters. The second kappa shape index (κ2) is 6.57. The Kier molecular flexibility index (Phi) is 5.38. The van der Waals surface area contributed by atoms with Crippen LogP contribution in [0.1, 0.15) is 19.4 Å². The molecule has 1 rings (SSSR count). The van der Waals surface area contributed by atoms with E-state index in [1.54, 1.807) is 32.1 Å². The fourth-order valence-corrected chi connectivity index (χ4v) is 1.75. The third-order valence-electron chi connectivity index (χ3n) is 2.71. The normalized spacial score (nSPS) is 13.7. The minimum Gasteiger partial charge on any atom is -0.464 e. The number of carbonyl (C=O) groups excluding carboxylic acids is 1. The van der Waals surface area contributed by atoms with Crippen molar-refractivity contribution in [3.63, 3.8) is 0 Å². The van der Waals surface area contributed by atoms with Gasteiger partial charge in [0.1, 0.15) is 5.54 Å². The van der Waals surface area contributed by atoms with Crippen LogP contribution in [0, 0.1) is 0 Å². The zero-order valence-corrected chi connectivity index (χ0v) is 11.5. The molecular formula is C14H18ClNO2. The van der Waals surface area contributed by atoms with Gasteiger partial charge in [0.2, 0.25) is 0 Å². The molecule has 0 spiro atoms. The third-order valence-corrected chi connectivity index (χ3v) is 2.96. The number of hydrogen-bond acceptors (Lipinski definition) is 3. The summed E-state index contributed by atoms with van der Waals surface area (Å²) < 4.78 is 5.12. The zero-order chi connectivity index (χ0) is 13.6. The average molecular weight is 268 g/mol. The highest BCUT2D eigenvalue weighted by molar-refractivity contribution is 6.30. The van der Waals surface area contributed by atoms with Gasteiger partial charge in [-0.2, -0.15) is 0 Å². The lowest BCUT2D eigenvalue weighted by Crippen LogP contribution is -2.47. The van der Waals surface area contributed by atoms with Crippen molar-refractivity contribution in [3.8, 4) is 0 Å². The van der Waals surface area contributed by atoms with Crippen molar-refractivity contribution in [3.05, 3.63) is 47.5 Å². The van der Waals surface area contributed by atoms with E-state index in [1.165, 1.54) is 0 Å². The second-order valence-electron chi connectivity index (χ2n) is 4.02. The summed E-state index contributed by atoms with van der Waals surface area (Å²) in [5, 5.41) is 3.76. The summed E-state index contributed by atoms with van der Waals surface area (Å²) in [4.78, 5) is 12.1. The molecule has 3 nitrogen and oxygen atoms in total. The molecule has 1 N–H and O–H groups in total. The molecule has 1 aromatic carbocycles. The van der Waals surface area contributed by atoms with E-state index in [0.717, 1.165) is 5.56 Å². The number of esters is 1. The van der Waals surface area contributed by atoms with E-state index in [4.69, 9.17) is 16.3 Å². The van der Waals surface area contributed by atoms with E-state index < -0.39 is 5.54 Å². The van der Waals surface area contributed by atoms with Gasteiger partial charge in [-0.15, -0.1) is 6.58 Å². The Bertz CT molecular complexity index is 416. The van der Waals surface area contributed by atoms with Gasteiger partial charge in [-0.05, 0) is 31.5 Å². The topological polar surface area (TPSA) is 38.3 Å². The molecule has 0 heterocycles. The molecule has 0 amide bonds. The van der Waals surface area contributed by atoms with Crippen LogP contribution >= 0.6 is 11.6 Å². The van der Waals surface area contributed by atoms with E-state index in [2.05, 4.69) is 11.9 Å². The van der Waals surface area contributed by atoms with E-state index >= 15 is 0 Å². The zero-order valence-electron chi connectivity index (χ0n) is 10.7. The Morgan fingerprint density at radius 3 is 2.61 bits per heavy atom. The fraction of sp³-hybridized carbons (Fsp3) is 0.357. The maximum atomic E-state index is 12.1. The van der Waals surface area contributed by atoms with Crippen LogP contribution in [0.3, 0.4) is 0 Å². The average Bonchev–Trinajstić information content (AvgIpc) is 2.37. The summed E-state index contributed by atoms with van der Waals surface area (Å²) in [6.07, 6.45) is 1.70. The number of halogens is 1. The number of carbonyl (C=O) groups is 1. The van der Waals surface area contributed by atoms with Gasteiger partial charge in [0.15, 0.2) is 0 Å². The number of ether oxygens (including phenoxy) is 1. The van der Waals surface area contributed by atoms with Gasteiger partial charge >= 0.3 is 5.97 Å². The highest BCUT2D eigenvalue weighted by Gasteiger charge is 2.35. The van der Waals surface area contributed by atoms with Gasteiger partial charge in [-0.1, -0.05) is 29.8 Å². The first-order valence-corrected chi connectivity index (χ1v) is 6.21. The van der Waals surface area contributed by atoms with E-state index in [-0.39, 0.29) is 5.97 Å². The van der Waals surface area contributed by atoms with E-state index in [1.807, 2.05) is 12.1 Å². The van der Waals surface area contributed by atoms with Crippen LogP contribution in [-0.4, -0.2) is 19.1 Å². The molecule has 0 saturated carbocycles. The minimum atomic E-state index is -0.894. The van der Waals surface area contributed by atoms with Gasteiger partial charge in [-0.25, -0.2) is 4.79 Å². The van der Waals surface area contributed by atoms with Crippen molar-refractivity contribution in [1.29, 1.82) is 0 Å². The van der Waals surface area contributed by atoms with Crippen LogP contribution in [0.5, 0.6) is 0 Å². The molecule has 0 saturated heterocycles. The van der Waals surface area contributed by atoms with Crippen molar-refractivity contribution in [1.82, 2.24) is 5.32 Å². The Morgan fingerprint density at radius 2 is 2.11 bits per heavy atom.